The Bertz CT molecular complexity index is 1030. The number of thioether (sulfide) groups is 1. The molecule has 3 aromatic rings. The fourth-order valence-electron chi connectivity index (χ4n) is 2.52. The van der Waals surface area contributed by atoms with Crippen LogP contribution in [0.4, 0.5) is 5.69 Å². The van der Waals surface area contributed by atoms with E-state index in [0.29, 0.717) is 21.9 Å². The second-order valence-electron chi connectivity index (χ2n) is 5.91. The van der Waals surface area contributed by atoms with Gasteiger partial charge in [-0.05, 0) is 56.7 Å². The lowest BCUT2D eigenvalue weighted by atomic mass is 10.2. The SMILES string of the molecule is Cc1cc(C)c2c(=O)[nH]c(S[C@H](C)C(=O)Nc3ccc(Br)cc3)nc2n1. The van der Waals surface area contributed by atoms with E-state index < -0.39 is 5.25 Å². The average molecular weight is 433 g/mol. The maximum Gasteiger partial charge on any atom is 0.261 e. The summed E-state index contributed by atoms with van der Waals surface area (Å²) in [5.74, 6) is -0.173. The van der Waals surface area contributed by atoms with Crippen molar-refractivity contribution in [3.05, 3.63) is 56.4 Å². The number of amides is 1. The Balaban J connectivity index is 1.80. The zero-order chi connectivity index (χ0) is 18.8. The van der Waals surface area contributed by atoms with E-state index in [1.54, 1.807) is 6.92 Å². The summed E-state index contributed by atoms with van der Waals surface area (Å²) in [6.07, 6.45) is 0. The van der Waals surface area contributed by atoms with Gasteiger partial charge in [-0.3, -0.25) is 9.59 Å². The highest BCUT2D eigenvalue weighted by atomic mass is 79.9. The summed E-state index contributed by atoms with van der Waals surface area (Å²) in [5, 5.41) is 3.26. The third kappa shape index (κ3) is 4.13. The standard InChI is InChI=1S/C18H17BrN4O2S/c1-9-8-10(2)20-15-14(9)17(25)23-18(22-15)26-11(3)16(24)21-13-6-4-12(19)5-7-13/h4-8,11H,1-3H3,(H,21,24)(H,20,22,23,25)/t11-/m1/s1. The van der Waals surface area contributed by atoms with Crippen LogP contribution in [0.5, 0.6) is 0 Å². The van der Waals surface area contributed by atoms with Gasteiger partial charge in [0.25, 0.3) is 5.56 Å². The number of carbonyl (C=O) groups is 1. The molecule has 1 aromatic carbocycles. The van der Waals surface area contributed by atoms with E-state index in [9.17, 15) is 9.59 Å². The fraction of sp³-hybridized carbons (Fsp3) is 0.222. The van der Waals surface area contributed by atoms with Gasteiger partial charge in [0, 0.05) is 15.9 Å². The third-order valence-corrected chi connectivity index (χ3v) is 5.26. The molecule has 2 N–H and O–H groups in total. The normalized spacial score (nSPS) is 12.2. The fourth-order valence-corrected chi connectivity index (χ4v) is 3.57. The highest BCUT2D eigenvalue weighted by Gasteiger charge is 2.17. The molecule has 134 valence electrons. The van der Waals surface area contributed by atoms with Gasteiger partial charge in [0.15, 0.2) is 10.8 Å². The Hall–Kier alpha value is -2.19. The Labute approximate surface area is 163 Å². The molecule has 0 aliphatic carbocycles. The number of aryl methyl sites for hydroxylation is 2. The maximum atomic E-state index is 12.4. The van der Waals surface area contributed by atoms with Gasteiger partial charge < -0.3 is 10.3 Å². The lowest BCUT2D eigenvalue weighted by Crippen LogP contribution is -2.23. The van der Waals surface area contributed by atoms with Gasteiger partial charge >= 0.3 is 0 Å². The molecule has 0 saturated heterocycles. The maximum absolute atomic E-state index is 12.4. The molecule has 0 aliphatic rings. The van der Waals surface area contributed by atoms with Crippen molar-refractivity contribution in [2.75, 3.05) is 5.32 Å². The van der Waals surface area contributed by atoms with E-state index in [1.807, 2.05) is 44.2 Å². The lowest BCUT2D eigenvalue weighted by molar-refractivity contribution is -0.115. The first-order valence-corrected chi connectivity index (χ1v) is 9.62. The number of halogens is 1. The summed E-state index contributed by atoms with van der Waals surface area (Å²) >= 11 is 4.54. The minimum atomic E-state index is -0.440. The van der Waals surface area contributed by atoms with Crippen LogP contribution in [-0.2, 0) is 4.79 Å². The topological polar surface area (TPSA) is 87.7 Å². The van der Waals surface area contributed by atoms with Gasteiger partial charge in [0.1, 0.15) is 0 Å². The lowest BCUT2D eigenvalue weighted by Gasteiger charge is -2.12. The number of hydrogen-bond acceptors (Lipinski definition) is 5. The number of hydrogen-bond donors (Lipinski definition) is 2. The molecule has 0 saturated carbocycles. The monoisotopic (exact) mass is 432 g/mol. The quantitative estimate of drug-likeness (QED) is 0.483. The minimum Gasteiger partial charge on any atom is -0.325 e. The van der Waals surface area contributed by atoms with E-state index in [-0.39, 0.29) is 11.5 Å². The van der Waals surface area contributed by atoms with Crippen LogP contribution in [0.2, 0.25) is 0 Å². The smallest absolute Gasteiger partial charge is 0.261 e. The van der Waals surface area contributed by atoms with E-state index in [4.69, 9.17) is 0 Å². The molecule has 0 unspecified atom stereocenters. The zero-order valence-corrected chi connectivity index (χ0v) is 16.9. The van der Waals surface area contributed by atoms with Gasteiger partial charge in [-0.15, -0.1) is 0 Å². The van der Waals surface area contributed by atoms with E-state index in [1.165, 1.54) is 11.8 Å². The molecule has 0 bridgehead atoms. The van der Waals surface area contributed by atoms with Crippen molar-refractivity contribution in [1.82, 2.24) is 15.0 Å². The van der Waals surface area contributed by atoms with Crippen LogP contribution in [0.1, 0.15) is 18.2 Å². The van der Waals surface area contributed by atoms with Crippen LogP contribution in [0.25, 0.3) is 11.0 Å². The highest BCUT2D eigenvalue weighted by molar-refractivity contribution is 9.10. The second-order valence-corrected chi connectivity index (χ2v) is 8.15. The predicted octanol–water partition coefficient (Wildman–Crippen LogP) is 3.82. The van der Waals surface area contributed by atoms with Crippen molar-refractivity contribution in [3.63, 3.8) is 0 Å². The second kappa shape index (κ2) is 7.59. The molecular formula is C18H17BrN4O2S. The van der Waals surface area contributed by atoms with E-state index >= 15 is 0 Å². The van der Waals surface area contributed by atoms with Crippen LogP contribution in [0, 0.1) is 13.8 Å². The van der Waals surface area contributed by atoms with Crippen LogP contribution < -0.4 is 10.9 Å². The highest BCUT2D eigenvalue weighted by Crippen LogP contribution is 2.22. The number of anilines is 1. The Morgan fingerprint density at radius 1 is 1.23 bits per heavy atom. The summed E-state index contributed by atoms with van der Waals surface area (Å²) in [6.45, 7) is 5.48. The van der Waals surface area contributed by atoms with Gasteiger partial charge in [0.05, 0.1) is 10.6 Å². The number of pyridine rings is 1. The van der Waals surface area contributed by atoms with E-state index in [2.05, 4.69) is 36.2 Å². The first-order chi connectivity index (χ1) is 12.3. The number of H-pyrrole nitrogens is 1. The minimum absolute atomic E-state index is 0.173. The number of nitrogens with zero attached hydrogens (tertiary/aromatic N) is 2. The molecule has 0 aliphatic heterocycles. The number of benzene rings is 1. The van der Waals surface area contributed by atoms with Crippen molar-refractivity contribution in [2.45, 2.75) is 31.2 Å². The van der Waals surface area contributed by atoms with Crippen molar-refractivity contribution in [2.24, 2.45) is 0 Å². The average Bonchev–Trinajstić information content (AvgIpc) is 2.55. The number of rotatable bonds is 4. The summed E-state index contributed by atoms with van der Waals surface area (Å²) in [5.41, 5.74) is 2.49. The number of fused-ring (bicyclic) bond motifs is 1. The number of carbonyl (C=O) groups excluding carboxylic acids is 1. The van der Waals surface area contributed by atoms with Crippen LogP contribution in [0.15, 0.2) is 44.8 Å². The molecule has 2 heterocycles. The molecule has 1 amide bonds. The Morgan fingerprint density at radius 2 is 1.92 bits per heavy atom. The van der Waals surface area contributed by atoms with E-state index in [0.717, 1.165) is 15.7 Å². The molecule has 26 heavy (non-hydrogen) atoms. The molecule has 2 aromatic heterocycles. The first kappa shape index (κ1) is 18.6. The molecular weight excluding hydrogens is 416 g/mol. The molecule has 0 radical (unpaired) electrons. The summed E-state index contributed by atoms with van der Waals surface area (Å²) < 4.78 is 0.939. The van der Waals surface area contributed by atoms with Crippen molar-refractivity contribution < 1.29 is 4.79 Å². The summed E-state index contributed by atoms with van der Waals surface area (Å²) in [4.78, 5) is 36.2. The van der Waals surface area contributed by atoms with Crippen molar-refractivity contribution in [1.29, 1.82) is 0 Å². The van der Waals surface area contributed by atoms with Crippen LogP contribution in [-0.4, -0.2) is 26.1 Å². The van der Waals surface area contributed by atoms with Crippen LogP contribution in [0.3, 0.4) is 0 Å². The Morgan fingerprint density at radius 3 is 2.62 bits per heavy atom. The zero-order valence-electron chi connectivity index (χ0n) is 14.5. The first-order valence-electron chi connectivity index (χ1n) is 7.95. The van der Waals surface area contributed by atoms with Gasteiger partial charge in [-0.1, -0.05) is 27.7 Å². The molecule has 8 heteroatoms. The molecule has 6 nitrogen and oxygen atoms in total. The molecule has 1 atom stereocenters. The van der Waals surface area contributed by atoms with Crippen molar-refractivity contribution >= 4 is 50.3 Å². The molecule has 3 rings (SSSR count). The summed E-state index contributed by atoms with van der Waals surface area (Å²) in [6, 6.07) is 9.18. The summed E-state index contributed by atoms with van der Waals surface area (Å²) in [7, 11) is 0. The third-order valence-electron chi connectivity index (χ3n) is 3.75. The van der Waals surface area contributed by atoms with Gasteiger partial charge in [-0.2, -0.15) is 0 Å². The van der Waals surface area contributed by atoms with Crippen LogP contribution >= 0.6 is 27.7 Å². The molecule has 0 spiro atoms. The molecule has 0 fully saturated rings. The largest absolute Gasteiger partial charge is 0.325 e. The van der Waals surface area contributed by atoms with Gasteiger partial charge in [-0.25, -0.2) is 9.97 Å². The van der Waals surface area contributed by atoms with Crippen molar-refractivity contribution in [3.8, 4) is 0 Å². The number of nitrogens with one attached hydrogen (secondary N) is 2. The Kier molecular flexibility index (Phi) is 5.43. The number of aromatic nitrogens is 3. The predicted molar refractivity (Wildman–Crippen MR) is 108 cm³/mol. The number of aromatic amines is 1. The van der Waals surface area contributed by atoms with Gasteiger partial charge in [0.2, 0.25) is 5.91 Å².